The van der Waals surface area contributed by atoms with Gasteiger partial charge in [0.15, 0.2) is 0 Å². The molecule has 0 atom stereocenters. The van der Waals surface area contributed by atoms with Crippen LogP contribution in [0.1, 0.15) is 10.4 Å². The SMILES string of the molecule is CN(C)c1ccc(C(=C(C#N)C#N)c2ccccc2)s1. The van der Waals surface area contributed by atoms with Crippen molar-refractivity contribution >= 4 is 21.9 Å². The fourth-order valence-electron chi connectivity index (χ4n) is 1.85. The van der Waals surface area contributed by atoms with E-state index in [0.717, 1.165) is 15.4 Å². The van der Waals surface area contributed by atoms with Crippen molar-refractivity contribution in [3.05, 3.63) is 58.5 Å². The molecular formula is C16H13N3S. The summed E-state index contributed by atoms with van der Waals surface area (Å²) in [6.45, 7) is 0. The molecule has 3 nitrogen and oxygen atoms in total. The summed E-state index contributed by atoms with van der Waals surface area (Å²) in [5, 5.41) is 19.5. The zero-order valence-corrected chi connectivity index (χ0v) is 12.1. The molecule has 0 saturated heterocycles. The van der Waals surface area contributed by atoms with Crippen LogP contribution in [0.5, 0.6) is 0 Å². The maximum absolute atomic E-state index is 9.20. The number of thiophene rings is 1. The minimum absolute atomic E-state index is 0.142. The van der Waals surface area contributed by atoms with E-state index in [2.05, 4.69) is 0 Å². The van der Waals surface area contributed by atoms with Crippen LogP contribution in [0.25, 0.3) is 5.57 Å². The molecule has 98 valence electrons. The summed E-state index contributed by atoms with van der Waals surface area (Å²) >= 11 is 1.57. The van der Waals surface area contributed by atoms with Crippen LogP contribution in [0.15, 0.2) is 48.0 Å². The Morgan fingerprint density at radius 2 is 1.65 bits per heavy atom. The van der Waals surface area contributed by atoms with Gasteiger partial charge in [0.25, 0.3) is 0 Å². The summed E-state index contributed by atoms with van der Waals surface area (Å²) in [7, 11) is 3.94. The van der Waals surface area contributed by atoms with Crippen LogP contribution >= 0.6 is 11.3 Å². The third-order valence-corrected chi connectivity index (χ3v) is 4.09. The second-order valence-electron chi connectivity index (χ2n) is 4.37. The Kier molecular flexibility index (Phi) is 4.20. The second-order valence-corrected chi connectivity index (χ2v) is 5.43. The standard InChI is InChI=1S/C16H13N3S/c1-19(2)15-9-8-14(20-15)16(13(10-17)11-18)12-6-4-3-5-7-12/h3-9H,1-2H3. The van der Waals surface area contributed by atoms with Crippen LogP contribution in [0, 0.1) is 22.7 Å². The molecule has 0 amide bonds. The first-order chi connectivity index (χ1) is 9.67. The molecule has 2 rings (SSSR count). The van der Waals surface area contributed by atoms with Crippen LogP contribution in [-0.4, -0.2) is 14.1 Å². The fourth-order valence-corrected chi connectivity index (χ4v) is 2.86. The van der Waals surface area contributed by atoms with Gasteiger partial charge < -0.3 is 4.90 Å². The molecule has 0 aliphatic heterocycles. The third-order valence-electron chi connectivity index (χ3n) is 2.82. The molecule has 0 unspecified atom stereocenters. The lowest BCUT2D eigenvalue weighted by Crippen LogP contribution is -2.05. The Balaban J connectivity index is 2.63. The second kappa shape index (κ2) is 6.06. The summed E-state index contributed by atoms with van der Waals surface area (Å²) < 4.78 is 0. The summed E-state index contributed by atoms with van der Waals surface area (Å²) in [4.78, 5) is 2.94. The van der Waals surface area contributed by atoms with Gasteiger partial charge in [0.1, 0.15) is 17.7 Å². The van der Waals surface area contributed by atoms with Gasteiger partial charge in [-0.3, -0.25) is 0 Å². The fraction of sp³-hybridized carbons (Fsp3) is 0.125. The molecule has 0 bridgehead atoms. The summed E-state index contributed by atoms with van der Waals surface area (Å²) in [5.74, 6) is 0. The first-order valence-electron chi connectivity index (χ1n) is 6.04. The molecule has 0 aliphatic rings. The highest BCUT2D eigenvalue weighted by Crippen LogP contribution is 2.35. The van der Waals surface area contributed by atoms with E-state index in [1.807, 2.05) is 73.6 Å². The molecule has 1 aromatic carbocycles. The summed E-state index contributed by atoms with van der Waals surface area (Å²) in [6.07, 6.45) is 0. The maximum Gasteiger partial charge on any atom is 0.138 e. The van der Waals surface area contributed by atoms with Gasteiger partial charge in [0.05, 0.1) is 5.00 Å². The number of hydrogen-bond acceptors (Lipinski definition) is 4. The molecule has 0 fully saturated rings. The first-order valence-corrected chi connectivity index (χ1v) is 6.86. The van der Waals surface area contributed by atoms with E-state index in [4.69, 9.17) is 0 Å². The average Bonchev–Trinajstić information content (AvgIpc) is 2.95. The summed E-state index contributed by atoms with van der Waals surface area (Å²) in [5.41, 5.74) is 1.73. The lowest BCUT2D eigenvalue weighted by molar-refractivity contribution is 1.16. The van der Waals surface area contributed by atoms with E-state index in [0.29, 0.717) is 5.57 Å². The van der Waals surface area contributed by atoms with Crippen molar-refractivity contribution in [2.24, 2.45) is 0 Å². The molecule has 1 aromatic heterocycles. The number of allylic oxidation sites excluding steroid dienone is 1. The molecule has 2 aromatic rings. The molecule has 20 heavy (non-hydrogen) atoms. The monoisotopic (exact) mass is 279 g/mol. The summed E-state index contributed by atoms with van der Waals surface area (Å²) in [6, 6.07) is 17.5. The van der Waals surface area contributed by atoms with Crippen molar-refractivity contribution in [2.45, 2.75) is 0 Å². The van der Waals surface area contributed by atoms with Gasteiger partial charge in [0.2, 0.25) is 0 Å². The van der Waals surface area contributed by atoms with Gasteiger partial charge in [-0.15, -0.1) is 11.3 Å². The molecule has 0 aliphatic carbocycles. The number of anilines is 1. The zero-order valence-electron chi connectivity index (χ0n) is 11.3. The van der Waals surface area contributed by atoms with E-state index in [1.54, 1.807) is 11.3 Å². The lowest BCUT2D eigenvalue weighted by atomic mass is 10.00. The van der Waals surface area contributed by atoms with Crippen LogP contribution in [0.4, 0.5) is 5.00 Å². The van der Waals surface area contributed by atoms with Crippen molar-refractivity contribution in [3.8, 4) is 12.1 Å². The number of nitriles is 2. The van der Waals surface area contributed by atoms with E-state index >= 15 is 0 Å². The minimum Gasteiger partial charge on any atom is -0.370 e. The normalized spacial score (nSPS) is 9.40. The lowest BCUT2D eigenvalue weighted by Gasteiger charge is -2.08. The van der Waals surface area contributed by atoms with Crippen LogP contribution in [-0.2, 0) is 0 Å². The van der Waals surface area contributed by atoms with E-state index in [1.165, 1.54) is 0 Å². The Morgan fingerprint density at radius 1 is 1.00 bits per heavy atom. The molecule has 0 spiro atoms. The van der Waals surface area contributed by atoms with Gasteiger partial charge in [-0.05, 0) is 17.7 Å². The van der Waals surface area contributed by atoms with E-state index in [9.17, 15) is 10.5 Å². The van der Waals surface area contributed by atoms with Gasteiger partial charge in [-0.2, -0.15) is 10.5 Å². The van der Waals surface area contributed by atoms with Crippen LogP contribution in [0.2, 0.25) is 0 Å². The Hall–Kier alpha value is -2.56. The smallest absolute Gasteiger partial charge is 0.138 e. The Morgan fingerprint density at radius 3 is 2.15 bits per heavy atom. The van der Waals surface area contributed by atoms with Gasteiger partial charge in [-0.1, -0.05) is 30.3 Å². The van der Waals surface area contributed by atoms with Crippen molar-refractivity contribution in [1.82, 2.24) is 0 Å². The number of hydrogen-bond donors (Lipinski definition) is 0. The largest absolute Gasteiger partial charge is 0.370 e. The van der Waals surface area contributed by atoms with Crippen LogP contribution in [0.3, 0.4) is 0 Å². The van der Waals surface area contributed by atoms with Gasteiger partial charge in [0, 0.05) is 24.5 Å². The van der Waals surface area contributed by atoms with Crippen molar-refractivity contribution in [2.75, 3.05) is 19.0 Å². The highest BCUT2D eigenvalue weighted by Gasteiger charge is 2.14. The molecule has 4 heteroatoms. The van der Waals surface area contributed by atoms with E-state index in [-0.39, 0.29) is 5.57 Å². The predicted octanol–water partition coefficient (Wildman–Crippen LogP) is 3.66. The van der Waals surface area contributed by atoms with Gasteiger partial charge >= 0.3 is 0 Å². The van der Waals surface area contributed by atoms with E-state index < -0.39 is 0 Å². The predicted molar refractivity (Wildman–Crippen MR) is 82.3 cm³/mol. The highest BCUT2D eigenvalue weighted by atomic mass is 32.1. The molecule has 0 saturated carbocycles. The number of rotatable bonds is 3. The van der Waals surface area contributed by atoms with Crippen molar-refractivity contribution < 1.29 is 0 Å². The quantitative estimate of drug-likeness (QED) is 0.806. The first kappa shape index (κ1) is 13.9. The number of nitrogens with zero attached hydrogens (tertiary/aromatic N) is 3. The molecule has 1 heterocycles. The van der Waals surface area contributed by atoms with Crippen molar-refractivity contribution in [1.29, 1.82) is 10.5 Å². The zero-order chi connectivity index (χ0) is 14.5. The topological polar surface area (TPSA) is 50.8 Å². The van der Waals surface area contributed by atoms with Crippen molar-refractivity contribution in [3.63, 3.8) is 0 Å². The Labute approximate surface area is 122 Å². The molecular weight excluding hydrogens is 266 g/mol. The average molecular weight is 279 g/mol. The molecule has 0 N–H and O–H groups in total. The maximum atomic E-state index is 9.20. The molecule has 0 radical (unpaired) electrons. The number of benzene rings is 1. The Bertz CT molecular complexity index is 696. The highest BCUT2D eigenvalue weighted by molar-refractivity contribution is 7.17. The minimum atomic E-state index is 0.142. The van der Waals surface area contributed by atoms with Crippen LogP contribution < -0.4 is 4.90 Å². The van der Waals surface area contributed by atoms with Gasteiger partial charge in [-0.25, -0.2) is 0 Å². The third kappa shape index (κ3) is 2.71.